The smallest absolute Gasteiger partial charge is 0.253 e. The van der Waals surface area contributed by atoms with E-state index in [-0.39, 0.29) is 37.4 Å². The van der Waals surface area contributed by atoms with E-state index in [2.05, 4.69) is 0 Å². The zero-order chi connectivity index (χ0) is 31.1. The molecule has 10 heteroatoms. The highest BCUT2D eigenvalue weighted by molar-refractivity contribution is 6.30. The standard InChI is InChI=1S/C34H38ClN3O6/c1-3-33-17-7-20-36(25-13-15-26(16-14-25)43-4-2)30(40)27(33)28-31(41)38(19-5-6-22-39)29-32(42)37(21-8-18-34(28,29)44-33)24-11-9-23(35)10-12-24/h7-18,27-29,39H,3-6,19-22H2,1-2H3/t27-,28-,29?,33+,34-/m0/s1. The number of likely N-dealkylation sites (tertiary alicyclic amines) is 1. The Bertz CT molecular complexity index is 1480. The van der Waals surface area contributed by atoms with E-state index in [0.29, 0.717) is 54.6 Å². The highest BCUT2D eigenvalue weighted by atomic mass is 35.5. The van der Waals surface area contributed by atoms with E-state index >= 15 is 0 Å². The largest absolute Gasteiger partial charge is 0.494 e. The van der Waals surface area contributed by atoms with Gasteiger partial charge in [-0.15, -0.1) is 0 Å². The molecule has 9 nitrogen and oxygen atoms in total. The lowest BCUT2D eigenvalue weighted by atomic mass is 9.73. The van der Waals surface area contributed by atoms with Gasteiger partial charge in [-0.25, -0.2) is 0 Å². The van der Waals surface area contributed by atoms with Crippen LogP contribution in [0.1, 0.15) is 33.1 Å². The fourth-order valence-electron chi connectivity index (χ4n) is 7.37. The summed E-state index contributed by atoms with van der Waals surface area (Å²) in [5.74, 6) is -1.83. The van der Waals surface area contributed by atoms with Gasteiger partial charge in [0.05, 0.1) is 24.0 Å². The predicted octanol–water partition coefficient (Wildman–Crippen LogP) is 4.38. The Kier molecular flexibility index (Phi) is 8.30. The Hall–Kier alpha value is -3.66. The summed E-state index contributed by atoms with van der Waals surface area (Å²) in [6, 6.07) is 13.4. The second kappa shape index (κ2) is 12.0. The number of unbranched alkanes of at least 4 members (excludes halogenated alkanes) is 1. The van der Waals surface area contributed by atoms with Gasteiger partial charge in [0.2, 0.25) is 11.8 Å². The maximum absolute atomic E-state index is 14.7. The molecular weight excluding hydrogens is 582 g/mol. The van der Waals surface area contributed by atoms with Gasteiger partial charge in [-0.05, 0) is 74.7 Å². The summed E-state index contributed by atoms with van der Waals surface area (Å²) in [5, 5.41) is 10.0. The minimum absolute atomic E-state index is 0.0234. The van der Waals surface area contributed by atoms with Crippen LogP contribution >= 0.6 is 11.6 Å². The molecule has 3 amide bonds. The molecule has 4 aliphatic rings. The van der Waals surface area contributed by atoms with Crippen LogP contribution in [0.25, 0.3) is 0 Å². The number of carbonyl (C=O) groups is 3. The topological polar surface area (TPSA) is 99.6 Å². The minimum atomic E-state index is -1.35. The van der Waals surface area contributed by atoms with Crippen LogP contribution in [-0.2, 0) is 19.1 Å². The Labute approximate surface area is 262 Å². The molecule has 1 spiro atoms. The van der Waals surface area contributed by atoms with Crippen molar-refractivity contribution >= 4 is 40.7 Å². The first-order valence-corrected chi connectivity index (χ1v) is 15.8. The van der Waals surface area contributed by atoms with Crippen LogP contribution < -0.4 is 14.5 Å². The van der Waals surface area contributed by atoms with Crippen molar-refractivity contribution in [1.82, 2.24) is 4.90 Å². The van der Waals surface area contributed by atoms with E-state index in [1.54, 1.807) is 39.0 Å². The number of carbonyl (C=O) groups excluding carboxylic acids is 3. The first-order chi connectivity index (χ1) is 21.3. The number of rotatable bonds is 9. The highest BCUT2D eigenvalue weighted by Gasteiger charge is 2.75. The number of aliphatic hydroxyl groups excluding tert-OH is 1. The van der Waals surface area contributed by atoms with E-state index in [1.807, 2.05) is 62.4 Å². The molecule has 1 unspecified atom stereocenters. The third kappa shape index (κ3) is 4.82. The molecule has 2 fully saturated rings. The van der Waals surface area contributed by atoms with Crippen LogP contribution in [0.4, 0.5) is 11.4 Å². The lowest BCUT2D eigenvalue weighted by Crippen LogP contribution is -2.56. The van der Waals surface area contributed by atoms with Crippen LogP contribution in [0.2, 0.25) is 5.02 Å². The van der Waals surface area contributed by atoms with Gasteiger partial charge in [0.25, 0.3) is 5.91 Å². The molecule has 0 aliphatic carbocycles. The molecule has 0 bridgehead atoms. The van der Waals surface area contributed by atoms with Crippen molar-refractivity contribution in [1.29, 1.82) is 0 Å². The van der Waals surface area contributed by atoms with Crippen molar-refractivity contribution in [3.63, 3.8) is 0 Å². The van der Waals surface area contributed by atoms with Crippen molar-refractivity contribution in [2.45, 2.75) is 50.4 Å². The number of hydrogen-bond donors (Lipinski definition) is 1. The quantitative estimate of drug-likeness (QED) is 0.330. The predicted molar refractivity (Wildman–Crippen MR) is 168 cm³/mol. The number of nitrogens with zero attached hydrogens (tertiary/aromatic N) is 3. The van der Waals surface area contributed by atoms with Crippen LogP contribution in [0.5, 0.6) is 5.75 Å². The van der Waals surface area contributed by atoms with Gasteiger partial charge < -0.3 is 29.3 Å². The number of hydrogen-bond acceptors (Lipinski definition) is 6. The summed E-state index contributed by atoms with van der Waals surface area (Å²) in [4.78, 5) is 48.7. The second-order valence-corrected chi connectivity index (χ2v) is 12.1. The van der Waals surface area contributed by atoms with E-state index in [0.717, 1.165) is 0 Å². The van der Waals surface area contributed by atoms with Gasteiger partial charge in [-0.3, -0.25) is 14.4 Å². The Morgan fingerprint density at radius 2 is 1.50 bits per heavy atom. The minimum Gasteiger partial charge on any atom is -0.494 e. The number of halogens is 1. The summed E-state index contributed by atoms with van der Waals surface area (Å²) in [6.07, 6.45) is 9.02. The van der Waals surface area contributed by atoms with Crippen LogP contribution in [-0.4, -0.2) is 77.8 Å². The molecule has 5 atom stereocenters. The van der Waals surface area contributed by atoms with Crippen molar-refractivity contribution in [2.24, 2.45) is 11.8 Å². The Morgan fingerprint density at radius 1 is 0.864 bits per heavy atom. The van der Waals surface area contributed by atoms with Gasteiger partial charge in [-0.2, -0.15) is 0 Å². The molecular formula is C34H38ClN3O6. The molecule has 0 saturated carbocycles. The number of anilines is 2. The Morgan fingerprint density at radius 3 is 2.14 bits per heavy atom. The summed E-state index contributed by atoms with van der Waals surface area (Å²) in [5.41, 5.74) is -1.08. The lowest BCUT2D eigenvalue weighted by Gasteiger charge is -2.38. The fourth-order valence-corrected chi connectivity index (χ4v) is 7.49. The Balaban J connectivity index is 1.44. The average molecular weight is 620 g/mol. The van der Waals surface area contributed by atoms with Crippen LogP contribution in [0.3, 0.4) is 0 Å². The third-order valence-electron chi connectivity index (χ3n) is 9.34. The van der Waals surface area contributed by atoms with Crippen molar-refractivity contribution in [2.75, 3.05) is 42.6 Å². The number of ether oxygens (including phenoxy) is 2. The normalized spacial score (nSPS) is 29.4. The maximum Gasteiger partial charge on any atom is 0.253 e. The van der Waals surface area contributed by atoms with Crippen molar-refractivity contribution in [3.05, 3.63) is 77.9 Å². The molecule has 44 heavy (non-hydrogen) atoms. The van der Waals surface area contributed by atoms with Gasteiger partial charge in [0, 0.05) is 42.6 Å². The fraction of sp³-hybridized carbons (Fsp3) is 0.441. The first kappa shape index (κ1) is 30.4. The molecule has 4 aliphatic heterocycles. The maximum atomic E-state index is 14.7. The van der Waals surface area contributed by atoms with Crippen molar-refractivity contribution < 1.29 is 29.0 Å². The first-order valence-electron chi connectivity index (χ1n) is 15.4. The van der Waals surface area contributed by atoms with Crippen molar-refractivity contribution in [3.8, 4) is 5.75 Å². The van der Waals surface area contributed by atoms with E-state index in [4.69, 9.17) is 21.1 Å². The lowest BCUT2D eigenvalue weighted by molar-refractivity contribution is -0.145. The van der Waals surface area contributed by atoms with E-state index in [1.165, 1.54) is 0 Å². The van der Waals surface area contributed by atoms with Gasteiger partial charge in [0.1, 0.15) is 17.4 Å². The van der Waals surface area contributed by atoms with Crippen LogP contribution in [0.15, 0.2) is 72.8 Å². The molecule has 0 radical (unpaired) electrons. The van der Waals surface area contributed by atoms with E-state index in [9.17, 15) is 19.5 Å². The molecule has 2 aromatic carbocycles. The number of aliphatic hydroxyl groups is 1. The molecule has 0 aromatic heterocycles. The number of amides is 3. The zero-order valence-corrected chi connectivity index (χ0v) is 25.8. The van der Waals surface area contributed by atoms with Gasteiger partial charge in [-0.1, -0.05) is 42.8 Å². The summed E-state index contributed by atoms with van der Waals surface area (Å²) < 4.78 is 12.6. The summed E-state index contributed by atoms with van der Waals surface area (Å²) in [6.45, 7) is 5.24. The molecule has 2 saturated heterocycles. The number of fused-ring (bicyclic) bond motifs is 2. The molecule has 4 heterocycles. The molecule has 232 valence electrons. The second-order valence-electron chi connectivity index (χ2n) is 11.7. The molecule has 2 aromatic rings. The monoisotopic (exact) mass is 619 g/mol. The molecule has 6 rings (SSSR count). The highest BCUT2D eigenvalue weighted by Crippen LogP contribution is 2.58. The summed E-state index contributed by atoms with van der Waals surface area (Å²) in [7, 11) is 0. The summed E-state index contributed by atoms with van der Waals surface area (Å²) >= 11 is 6.14. The van der Waals surface area contributed by atoms with Gasteiger partial charge in [0.15, 0.2) is 0 Å². The zero-order valence-electron chi connectivity index (χ0n) is 25.0. The SMILES string of the molecule is CCOc1ccc(N2CC=C[C@@]3(CC)O[C@]45C=CCN(c6ccc(Cl)cc6)C(=O)C4N(CCCCO)C(=O)[C@@H]5[C@H]3C2=O)cc1. The van der Waals surface area contributed by atoms with E-state index < -0.39 is 29.1 Å². The van der Waals surface area contributed by atoms with Crippen LogP contribution in [0, 0.1) is 11.8 Å². The molecule has 1 N–H and O–H groups in total. The third-order valence-corrected chi connectivity index (χ3v) is 9.60. The van der Waals surface area contributed by atoms with Gasteiger partial charge >= 0.3 is 0 Å². The average Bonchev–Trinajstić information content (AvgIpc) is 3.31. The number of benzene rings is 2.